The van der Waals surface area contributed by atoms with Gasteiger partial charge < -0.3 is 14.2 Å². The monoisotopic (exact) mass is 258 g/mol. The van der Waals surface area contributed by atoms with E-state index in [0.717, 1.165) is 11.3 Å². The molecule has 6 nitrogen and oxygen atoms in total. The van der Waals surface area contributed by atoms with E-state index in [-0.39, 0.29) is 15.3 Å². The minimum atomic E-state index is -0.711. The van der Waals surface area contributed by atoms with E-state index < -0.39 is 17.9 Å². The van der Waals surface area contributed by atoms with Crippen LogP contribution < -0.4 is 0 Å². The molecule has 0 amide bonds. The fourth-order valence-corrected chi connectivity index (χ4v) is 2.08. The molecule has 0 aliphatic heterocycles. The third kappa shape index (κ3) is 2.62. The zero-order valence-electron chi connectivity index (χ0n) is 9.44. The summed E-state index contributed by atoms with van der Waals surface area (Å²) < 4.78 is 13.5. The van der Waals surface area contributed by atoms with Crippen molar-refractivity contribution in [3.8, 4) is 0 Å². The van der Waals surface area contributed by atoms with Crippen LogP contribution >= 0.6 is 11.3 Å². The molecule has 0 saturated heterocycles. The Bertz CT molecular complexity index is 428. The van der Waals surface area contributed by atoms with Gasteiger partial charge in [-0.3, -0.25) is 0 Å². The van der Waals surface area contributed by atoms with Crippen molar-refractivity contribution in [2.45, 2.75) is 0 Å². The maximum absolute atomic E-state index is 11.4. The molecule has 1 aromatic rings. The average molecular weight is 258 g/mol. The van der Waals surface area contributed by atoms with Crippen LogP contribution in [0.1, 0.15) is 29.7 Å². The van der Waals surface area contributed by atoms with Gasteiger partial charge in [-0.05, 0) is 6.07 Å². The van der Waals surface area contributed by atoms with Crippen LogP contribution in [0.15, 0.2) is 6.07 Å². The molecule has 0 aliphatic rings. The van der Waals surface area contributed by atoms with Crippen LogP contribution in [0.4, 0.5) is 0 Å². The predicted molar refractivity (Wildman–Crippen MR) is 58.3 cm³/mol. The average Bonchev–Trinajstić information content (AvgIpc) is 2.80. The van der Waals surface area contributed by atoms with Crippen molar-refractivity contribution in [1.82, 2.24) is 0 Å². The molecule has 7 heteroatoms. The van der Waals surface area contributed by atoms with E-state index in [1.54, 1.807) is 0 Å². The van der Waals surface area contributed by atoms with Crippen molar-refractivity contribution in [1.29, 1.82) is 0 Å². The molecular formula is C10H10O6S. The minimum Gasteiger partial charge on any atom is -0.465 e. The third-order valence-electron chi connectivity index (χ3n) is 1.89. The Kier molecular flexibility index (Phi) is 4.22. The number of thiophene rings is 1. The van der Waals surface area contributed by atoms with Gasteiger partial charge in [0.05, 0.1) is 26.9 Å². The summed E-state index contributed by atoms with van der Waals surface area (Å²) in [5.41, 5.74) is -0.00949. The minimum absolute atomic E-state index is 0.00949. The first-order chi connectivity index (χ1) is 8.04. The Morgan fingerprint density at radius 2 is 1.47 bits per heavy atom. The van der Waals surface area contributed by atoms with Crippen molar-refractivity contribution in [2.24, 2.45) is 0 Å². The highest BCUT2D eigenvalue weighted by Gasteiger charge is 2.25. The quantitative estimate of drug-likeness (QED) is 0.597. The zero-order chi connectivity index (χ0) is 13.0. The summed E-state index contributed by atoms with van der Waals surface area (Å²) in [5.74, 6) is -2.04. The molecule has 0 aromatic carbocycles. The zero-order valence-corrected chi connectivity index (χ0v) is 10.3. The first kappa shape index (κ1) is 13.2. The van der Waals surface area contributed by atoms with Gasteiger partial charge in [0.2, 0.25) is 0 Å². The maximum Gasteiger partial charge on any atom is 0.348 e. The van der Waals surface area contributed by atoms with E-state index in [2.05, 4.69) is 14.2 Å². The number of esters is 3. The molecule has 0 unspecified atom stereocenters. The van der Waals surface area contributed by atoms with Gasteiger partial charge in [-0.2, -0.15) is 0 Å². The molecule has 0 bridgehead atoms. The van der Waals surface area contributed by atoms with Crippen LogP contribution in [-0.4, -0.2) is 39.2 Å². The van der Waals surface area contributed by atoms with E-state index in [4.69, 9.17) is 0 Å². The van der Waals surface area contributed by atoms with Gasteiger partial charge in [0, 0.05) is 0 Å². The number of carbonyl (C=O) groups is 3. The lowest BCUT2D eigenvalue weighted by molar-refractivity contribution is 0.0560. The number of hydrogen-bond donors (Lipinski definition) is 0. The van der Waals surface area contributed by atoms with E-state index in [9.17, 15) is 14.4 Å². The summed E-state index contributed by atoms with van der Waals surface area (Å²) in [6, 6.07) is 1.24. The number of hydrogen-bond acceptors (Lipinski definition) is 7. The lowest BCUT2D eigenvalue weighted by Crippen LogP contribution is -2.08. The molecular weight excluding hydrogens is 248 g/mol. The van der Waals surface area contributed by atoms with Gasteiger partial charge in [0.1, 0.15) is 9.75 Å². The first-order valence-electron chi connectivity index (χ1n) is 4.44. The molecule has 0 atom stereocenters. The summed E-state index contributed by atoms with van der Waals surface area (Å²) >= 11 is 0.819. The largest absolute Gasteiger partial charge is 0.465 e. The second-order valence-corrected chi connectivity index (χ2v) is 3.88. The Morgan fingerprint density at radius 1 is 0.941 bits per heavy atom. The molecule has 1 heterocycles. The van der Waals surface area contributed by atoms with Crippen LogP contribution in [0.25, 0.3) is 0 Å². The normalized spacial score (nSPS) is 9.59. The molecule has 17 heavy (non-hydrogen) atoms. The van der Waals surface area contributed by atoms with Gasteiger partial charge in [0.15, 0.2) is 0 Å². The van der Waals surface area contributed by atoms with Gasteiger partial charge in [0.25, 0.3) is 0 Å². The smallest absolute Gasteiger partial charge is 0.348 e. The van der Waals surface area contributed by atoms with Crippen molar-refractivity contribution < 1.29 is 28.6 Å². The standard InChI is InChI=1S/C10H10O6S/c1-14-8(11)5-4-6(9(12)15-2)17-7(5)10(13)16-3/h4H,1-3H3. The fourth-order valence-electron chi connectivity index (χ4n) is 1.10. The summed E-state index contributed by atoms with van der Waals surface area (Å²) in [4.78, 5) is 34.2. The predicted octanol–water partition coefficient (Wildman–Crippen LogP) is 1.11. The second kappa shape index (κ2) is 5.44. The fraction of sp³-hybridized carbons (Fsp3) is 0.300. The summed E-state index contributed by atoms with van der Waals surface area (Å²) in [6.45, 7) is 0. The number of carbonyl (C=O) groups excluding carboxylic acids is 3. The van der Waals surface area contributed by atoms with Gasteiger partial charge in [-0.15, -0.1) is 11.3 Å². The molecule has 0 spiro atoms. The SMILES string of the molecule is COC(=O)c1cc(C(=O)OC)c(C(=O)OC)s1. The van der Waals surface area contributed by atoms with E-state index in [0.29, 0.717) is 0 Å². The van der Waals surface area contributed by atoms with E-state index in [1.807, 2.05) is 0 Å². The van der Waals surface area contributed by atoms with E-state index in [1.165, 1.54) is 27.4 Å². The lowest BCUT2D eigenvalue weighted by Gasteiger charge is -1.98. The molecule has 92 valence electrons. The Morgan fingerprint density at radius 3 is 1.94 bits per heavy atom. The first-order valence-corrected chi connectivity index (χ1v) is 5.25. The molecule has 0 radical (unpaired) electrons. The second-order valence-electron chi connectivity index (χ2n) is 2.83. The number of ether oxygens (including phenoxy) is 3. The highest BCUT2D eigenvalue weighted by molar-refractivity contribution is 7.16. The summed E-state index contributed by atoms with van der Waals surface area (Å²) in [6.07, 6.45) is 0. The van der Waals surface area contributed by atoms with Crippen molar-refractivity contribution in [3.05, 3.63) is 21.4 Å². The van der Waals surface area contributed by atoms with E-state index >= 15 is 0 Å². The highest BCUT2D eigenvalue weighted by Crippen LogP contribution is 2.24. The Labute approximate surface area is 101 Å². The molecule has 0 saturated carbocycles. The third-order valence-corrected chi connectivity index (χ3v) is 2.99. The molecule has 1 aromatic heterocycles. The number of methoxy groups -OCH3 is 3. The maximum atomic E-state index is 11.4. The van der Waals surface area contributed by atoms with Crippen molar-refractivity contribution >= 4 is 29.2 Å². The molecule has 0 aliphatic carbocycles. The molecule has 1 rings (SSSR count). The topological polar surface area (TPSA) is 78.9 Å². The highest BCUT2D eigenvalue weighted by atomic mass is 32.1. The van der Waals surface area contributed by atoms with Crippen LogP contribution in [0.5, 0.6) is 0 Å². The van der Waals surface area contributed by atoms with Crippen molar-refractivity contribution in [3.63, 3.8) is 0 Å². The number of rotatable bonds is 3. The lowest BCUT2D eigenvalue weighted by atomic mass is 10.2. The summed E-state index contributed by atoms with van der Waals surface area (Å²) in [5, 5.41) is 0. The van der Waals surface area contributed by atoms with Gasteiger partial charge in [-0.1, -0.05) is 0 Å². The van der Waals surface area contributed by atoms with Crippen LogP contribution in [0, 0.1) is 0 Å². The van der Waals surface area contributed by atoms with Crippen LogP contribution in [0.2, 0.25) is 0 Å². The van der Waals surface area contributed by atoms with Crippen molar-refractivity contribution in [2.75, 3.05) is 21.3 Å². The molecule has 0 N–H and O–H groups in total. The Balaban J connectivity index is 3.26. The van der Waals surface area contributed by atoms with Gasteiger partial charge >= 0.3 is 17.9 Å². The van der Waals surface area contributed by atoms with Crippen LogP contribution in [0.3, 0.4) is 0 Å². The van der Waals surface area contributed by atoms with Crippen LogP contribution in [-0.2, 0) is 14.2 Å². The Hall–Kier alpha value is -1.89. The van der Waals surface area contributed by atoms with Gasteiger partial charge in [-0.25, -0.2) is 14.4 Å². The summed E-state index contributed by atoms with van der Waals surface area (Å²) in [7, 11) is 3.57. The molecule has 0 fully saturated rings.